The summed E-state index contributed by atoms with van der Waals surface area (Å²) in [7, 11) is -3.84. The van der Waals surface area contributed by atoms with Crippen LogP contribution in [0.1, 0.15) is 13.8 Å². The Morgan fingerprint density at radius 1 is 1.33 bits per heavy atom. The molecule has 8 nitrogen and oxygen atoms in total. The zero-order valence-electron chi connectivity index (χ0n) is 11.3. The highest BCUT2D eigenvalue weighted by molar-refractivity contribution is 7.94. The second-order valence-corrected chi connectivity index (χ2v) is 7.20. The van der Waals surface area contributed by atoms with Crippen LogP contribution in [0.15, 0.2) is 28.9 Å². The van der Waals surface area contributed by atoms with Crippen molar-refractivity contribution in [3.8, 4) is 0 Å². The molecule has 0 unspecified atom stereocenters. The molecule has 0 radical (unpaired) electrons. The molecule has 0 bridgehead atoms. The third-order valence-electron chi connectivity index (χ3n) is 2.30. The fourth-order valence-corrected chi connectivity index (χ4v) is 3.19. The van der Waals surface area contributed by atoms with E-state index in [0.717, 1.165) is 11.3 Å². The van der Waals surface area contributed by atoms with Gasteiger partial charge in [-0.1, -0.05) is 25.2 Å². The number of carbonyl (C=O) groups is 1. The molecule has 0 aliphatic carbocycles. The minimum absolute atomic E-state index is 0.139. The molecule has 0 saturated heterocycles. The summed E-state index contributed by atoms with van der Waals surface area (Å²) in [6, 6.07) is 3.17. The first-order valence-electron chi connectivity index (χ1n) is 5.95. The fourth-order valence-electron chi connectivity index (χ4n) is 1.24. The Balaban J connectivity index is 2.15. The van der Waals surface area contributed by atoms with E-state index in [9.17, 15) is 13.2 Å². The molecular formula is C11H13N5O3S2. The molecule has 112 valence electrons. The van der Waals surface area contributed by atoms with Crippen molar-refractivity contribution >= 4 is 38.1 Å². The van der Waals surface area contributed by atoms with Gasteiger partial charge in [-0.3, -0.25) is 14.5 Å². The number of rotatable bonds is 5. The quantitative estimate of drug-likeness (QED) is 0.801. The van der Waals surface area contributed by atoms with Crippen LogP contribution in [0, 0.1) is 5.92 Å². The van der Waals surface area contributed by atoms with E-state index < -0.39 is 10.0 Å². The number of sulfonamides is 1. The summed E-state index contributed by atoms with van der Waals surface area (Å²) < 4.78 is 26.3. The van der Waals surface area contributed by atoms with Gasteiger partial charge in [0.1, 0.15) is 0 Å². The van der Waals surface area contributed by atoms with Gasteiger partial charge in [-0.15, -0.1) is 10.2 Å². The summed E-state index contributed by atoms with van der Waals surface area (Å²) in [5.41, 5.74) is 0.320. The molecule has 2 aromatic heterocycles. The maximum Gasteiger partial charge on any atom is 0.291 e. The molecule has 0 aliphatic heterocycles. The molecular weight excluding hydrogens is 314 g/mol. The van der Waals surface area contributed by atoms with Crippen LogP contribution in [0.25, 0.3) is 0 Å². The first-order chi connectivity index (χ1) is 9.88. The van der Waals surface area contributed by atoms with Crippen LogP contribution in [0.5, 0.6) is 0 Å². The minimum Gasteiger partial charge on any atom is -0.300 e. The molecule has 21 heavy (non-hydrogen) atoms. The number of carbonyl (C=O) groups excluding carboxylic acids is 1. The van der Waals surface area contributed by atoms with E-state index in [0.29, 0.717) is 5.69 Å². The van der Waals surface area contributed by atoms with Gasteiger partial charge < -0.3 is 5.32 Å². The van der Waals surface area contributed by atoms with Crippen molar-refractivity contribution in [1.29, 1.82) is 0 Å². The van der Waals surface area contributed by atoms with E-state index in [1.807, 2.05) is 0 Å². The maximum atomic E-state index is 12.1. The lowest BCUT2D eigenvalue weighted by Gasteiger charge is -2.03. The molecule has 0 saturated carbocycles. The summed E-state index contributed by atoms with van der Waals surface area (Å²) in [6.07, 6.45) is 2.91. The van der Waals surface area contributed by atoms with E-state index in [1.54, 1.807) is 26.0 Å². The lowest BCUT2D eigenvalue weighted by atomic mass is 10.2. The number of hydrogen-bond donors (Lipinski definition) is 2. The van der Waals surface area contributed by atoms with Crippen molar-refractivity contribution in [2.75, 3.05) is 10.0 Å². The standard InChI is InChI=1S/C11H13N5O3S2/c1-7(2)9(17)13-10-14-15-11(20-10)21(18,19)16-8-4-3-5-12-6-8/h3-7,16H,1-2H3,(H,13,14,17). The average molecular weight is 327 g/mol. The highest BCUT2D eigenvalue weighted by Gasteiger charge is 2.21. The molecule has 0 spiro atoms. The van der Waals surface area contributed by atoms with Gasteiger partial charge in [-0.25, -0.2) is 0 Å². The molecule has 2 rings (SSSR count). The fraction of sp³-hybridized carbons (Fsp3) is 0.273. The second kappa shape index (κ2) is 6.14. The van der Waals surface area contributed by atoms with Crippen LogP contribution in [0.3, 0.4) is 0 Å². The van der Waals surface area contributed by atoms with Gasteiger partial charge in [0.2, 0.25) is 11.0 Å². The molecule has 2 heterocycles. The predicted molar refractivity (Wildman–Crippen MR) is 78.4 cm³/mol. The Kier molecular flexibility index (Phi) is 4.48. The molecule has 0 aromatic carbocycles. The zero-order valence-corrected chi connectivity index (χ0v) is 12.9. The number of hydrogen-bond acceptors (Lipinski definition) is 7. The second-order valence-electron chi connectivity index (χ2n) is 4.36. The van der Waals surface area contributed by atoms with Crippen molar-refractivity contribution in [1.82, 2.24) is 15.2 Å². The Bertz CT molecular complexity index is 727. The van der Waals surface area contributed by atoms with E-state index in [2.05, 4.69) is 25.2 Å². The summed E-state index contributed by atoms with van der Waals surface area (Å²) in [5, 5.41) is 9.87. The summed E-state index contributed by atoms with van der Waals surface area (Å²) in [4.78, 5) is 15.3. The number of amides is 1. The lowest BCUT2D eigenvalue weighted by Crippen LogP contribution is -2.17. The van der Waals surface area contributed by atoms with Crippen molar-refractivity contribution in [3.63, 3.8) is 0 Å². The van der Waals surface area contributed by atoms with Crippen LogP contribution >= 0.6 is 11.3 Å². The highest BCUT2D eigenvalue weighted by Crippen LogP contribution is 2.22. The summed E-state index contributed by atoms with van der Waals surface area (Å²) in [6.45, 7) is 3.44. The first-order valence-corrected chi connectivity index (χ1v) is 8.25. The largest absolute Gasteiger partial charge is 0.300 e. The molecule has 2 N–H and O–H groups in total. The molecule has 1 amide bonds. The number of anilines is 2. The lowest BCUT2D eigenvalue weighted by molar-refractivity contribution is -0.118. The van der Waals surface area contributed by atoms with Crippen LogP contribution in [-0.4, -0.2) is 29.5 Å². The van der Waals surface area contributed by atoms with Gasteiger partial charge in [0, 0.05) is 12.1 Å². The van der Waals surface area contributed by atoms with Crippen molar-refractivity contribution in [2.45, 2.75) is 18.2 Å². The Morgan fingerprint density at radius 3 is 2.71 bits per heavy atom. The Morgan fingerprint density at radius 2 is 2.10 bits per heavy atom. The number of pyridine rings is 1. The molecule has 10 heteroatoms. The van der Waals surface area contributed by atoms with Crippen molar-refractivity contribution in [3.05, 3.63) is 24.5 Å². The topological polar surface area (TPSA) is 114 Å². The minimum atomic E-state index is -3.84. The number of nitrogens with one attached hydrogen (secondary N) is 2. The summed E-state index contributed by atoms with van der Waals surface area (Å²) >= 11 is 0.780. The van der Waals surface area contributed by atoms with Crippen LogP contribution in [0.2, 0.25) is 0 Å². The Hall–Kier alpha value is -2.07. The van der Waals surface area contributed by atoms with Crippen molar-refractivity contribution < 1.29 is 13.2 Å². The number of nitrogens with zero attached hydrogens (tertiary/aromatic N) is 3. The molecule has 0 atom stereocenters. The maximum absolute atomic E-state index is 12.1. The average Bonchev–Trinajstić information content (AvgIpc) is 2.88. The Labute approximate surface area is 125 Å². The van der Waals surface area contributed by atoms with E-state index in [4.69, 9.17) is 0 Å². The van der Waals surface area contributed by atoms with Gasteiger partial charge in [0.25, 0.3) is 14.4 Å². The number of aromatic nitrogens is 3. The first kappa shape index (κ1) is 15.3. The third kappa shape index (κ3) is 3.95. The third-order valence-corrected chi connectivity index (χ3v) is 4.89. The van der Waals surface area contributed by atoms with Gasteiger partial charge in [0.05, 0.1) is 11.9 Å². The van der Waals surface area contributed by atoms with Gasteiger partial charge in [-0.2, -0.15) is 8.42 Å². The van der Waals surface area contributed by atoms with Crippen LogP contribution in [-0.2, 0) is 14.8 Å². The molecule has 2 aromatic rings. The predicted octanol–water partition coefficient (Wildman–Crippen LogP) is 1.33. The van der Waals surface area contributed by atoms with Gasteiger partial charge in [-0.05, 0) is 12.1 Å². The summed E-state index contributed by atoms with van der Waals surface area (Å²) in [5.74, 6) is -0.488. The van der Waals surface area contributed by atoms with Gasteiger partial charge in [0.15, 0.2) is 0 Å². The monoisotopic (exact) mass is 327 g/mol. The van der Waals surface area contributed by atoms with Crippen LogP contribution < -0.4 is 10.0 Å². The van der Waals surface area contributed by atoms with Crippen molar-refractivity contribution in [2.24, 2.45) is 5.92 Å². The molecule has 0 aliphatic rings. The van der Waals surface area contributed by atoms with E-state index in [1.165, 1.54) is 12.4 Å². The van der Waals surface area contributed by atoms with E-state index in [-0.39, 0.29) is 21.3 Å². The van der Waals surface area contributed by atoms with Gasteiger partial charge >= 0.3 is 0 Å². The smallest absolute Gasteiger partial charge is 0.291 e. The normalized spacial score (nSPS) is 11.4. The van der Waals surface area contributed by atoms with Crippen LogP contribution in [0.4, 0.5) is 10.8 Å². The SMILES string of the molecule is CC(C)C(=O)Nc1nnc(S(=O)(=O)Nc2cccnc2)s1. The molecule has 0 fully saturated rings. The zero-order chi connectivity index (χ0) is 15.5. The highest BCUT2D eigenvalue weighted by atomic mass is 32.2. The van der Waals surface area contributed by atoms with E-state index >= 15 is 0 Å².